The van der Waals surface area contributed by atoms with Crippen LogP contribution in [0.3, 0.4) is 0 Å². The summed E-state index contributed by atoms with van der Waals surface area (Å²) in [4.78, 5) is 0. The molecule has 13 atom stereocenters. The van der Waals surface area contributed by atoms with Gasteiger partial charge < -0.3 is 24.0 Å². The van der Waals surface area contributed by atoms with Gasteiger partial charge >= 0.3 is 75.4 Å². The smallest absolute Gasteiger partial charge is 0.748 e. The van der Waals surface area contributed by atoms with Gasteiger partial charge in [-0.2, -0.15) is 4.33 Å². The molecule has 5 rings (SSSR count). The van der Waals surface area contributed by atoms with Crippen molar-refractivity contribution in [2.75, 3.05) is 0 Å². The summed E-state index contributed by atoms with van der Waals surface area (Å²) in [5.41, 5.74) is 0. The van der Waals surface area contributed by atoms with Gasteiger partial charge in [0, 0.05) is 29.4 Å². The molecule has 1 aliphatic heterocycles. The van der Waals surface area contributed by atoms with Gasteiger partial charge in [-0.15, -0.1) is 0 Å². The summed E-state index contributed by atoms with van der Waals surface area (Å²) in [6.07, 6.45) is 0.459. The van der Waals surface area contributed by atoms with Crippen molar-refractivity contribution in [3.05, 3.63) is 0 Å². The zero-order chi connectivity index (χ0) is 32.7. The van der Waals surface area contributed by atoms with Crippen LogP contribution in [0, 0.1) is 23.7 Å². The molecule has 0 aromatic heterocycles. The average Bonchev–Trinajstić information content (AvgIpc) is 2.93. The van der Waals surface area contributed by atoms with Gasteiger partial charge in [0.25, 0.3) is 0 Å². The molecular weight excluding hydrogens is 710 g/mol. The molecule has 5 aliphatic rings. The Balaban J connectivity index is 0.00000300. The average molecular weight is 750 g/mol. The number of nitrogens with one attached hydrogen (secondary N) is 5. The fraction of sp³-hybridized carbons (Fsp3) is 1.00. The Kier molecular flexibility index (Phi) is 20.4. The predicted molar refractivity (Wildman–Crippen MR) is 151 cm³/mol. The number of aliphatic hydroxyl groups is 1. The summed E-state index contributed by atoms with van der Waals surface area (Å²) in [5.74, 6) is -1.47. The van der Waals surface area contributed by atoms with Crippen molar-refractivity contribution in [1.29, 1.82) is 0 Å². The molecule has 5 fully saturated rings. The van der Waals surface area contributed by atoms with Gasteiger partial charge in [0.05, 0.1) is 46.1 Å². The molecule has 26 heteroatoms. The van der Waals surface area contributed by atoms with Gasteiger partial charge in [0.15, 0.2) is 6.35 Å². The van der Waals surface area contributed by atoms with E-state index in [2.05, 4.69) is 36.0 Å². The Morgan fingerprint density at radius 1 is 0.633 bits per heavy atom. The van der Waals surface area contributed by atoms with Crippen LogP contribution in [0.25, 0.3) is 0 Å². The topological polar surface area (TPSA) is 294 Å². The summed E-state index contributed by atoms with van der Waals surface area (Å²) < 4.78 is 112. The molecule has 1 saturated heterocycles. The molecule has 18 nitrogen and oxygen atoms in total. The van der Waals surface area contributed by atoms with E-state index >= 15 is 0 Å². The number of hydrogen-bond acceptors (Lipinski definition) is 19. The molecule has 0 aromatic rings. The Morgan fingerprint density at radius 2 is 1.10 bits per heavy atom. The molecule has 0 amide bonds. The van der Waals surface area contributed by atoms with Gasteiger partial charge in [-0.3, -0.25) is 31.6 Å². The third kappa shape index (κ3) is 13.1. The van der Waals surface area contributed by atoms with Gasteiger partial charge in [-0.25, -0.2) is 25.3 Å². The molecule has 4 saturated carbocycles. The normalized spacial score (nSPS) is 39.7. The van der Waals surface area contributed by atoms with Crippen LogP contribution in [-0.4, -0.2) is 96.0 Å². The van der Waals surface area contributed by atoms with E-state index in [1.807, 2.05) is 0 Å². The van der Waals surface area contributed by atoms with Gasteiger partial charge in [0.1, 0.15) is 12.6 Å². The predicted octanol–water partition coefficient (Wildman–Crippen LogP) is -15.1. The Labute approximate surface area is 340 Å². The Hall–Kier alpha value is 2.11. The molecule has 1 heterocycles. The quantitative estimate of drug-likeness (QED) is 0.0397. The zero-order valence-corrected chi connectivity index (χ0v) is 31.3. The first-order chi connectivity index (χ1) is 21.0. The van der Waals surface area contributed by atoms with E-state index in [0.29, 0.717) is 57.0 Å². The van der Waals surface area contributed by atoms with Crippen LogP contribution >= 0.6 is 12.0 Å². The molecular formula is C23H39Li4N5O13S4. The second-order valence-corrected chi connectivity index (χ2v) is 18.8. The summed E-state index contributed by atoms with van der Waals surface area (Å²) in [5, 5.41) is 35.6. The fourth-order valence-corrected chi connectivity index (χ4v) is 12.9. The summed E-state index contributed by atoms with van der Waals surface area (Å²) in [6, 6.07) is -0.365. The maximum absolute atomic E-state index is 12.0. The van der Waals surface area contributed by atoms with Crippen LogP contribution in [0.4, 0.5) is 0 Å². The Morgan fingerprint density at radius 3 is 1.55 bits per heavy atom. The molecule has 0 aromatic carbocycles. The van der Waals surface area contributed by atoms with Crippen LogP contribution in [-0.2, 0) is 39.7 Å². The number of rotatable bonds is 10. The summed E-state index contributed by atoms with van der Waals surface area (Å²) in [6.45, 7) is 0. The molecule has 13 unspecified atom stereocenters. The maximum Gasteiger partial charge on any atom is 1.00 e. The van der Waals surface area contributed by atoms with E-state index in [4.69, 9.17) is 0 Å². The zero-order valence-electron chi connectivity index (χ0n) is 28.1. The van der Waals surface area contributed by atoms with Crippen LogP contribution in [0.15, 0.2) is 0 Å². The minimum absolute atomic E-state index is 0. The summed E-state index contributed by atoms with van der Waals surface area (Å²) >= 11 is 0.713. The molecule has 0 radical (unpaired) electrons. The molecule has 6 N–H and O–H groups in total. The fourth-order valence-electron chi connectivity index (χ4n) is 8.47. The van der Waals surface area contributed by atoms with Crippen molar-refractivity contribution in [2.45, 2.75) is 116 Å². The van der Waals surface area contributed by atoms with Crippen LogP contribution in [0.2, 0.25) is 0 Å². The molecule has 262 valence electrons. The minimum Gasteiger partial charge on any atom is -0.748 e. The first-order valence-corrected chi connectivity index (χ1v) is 20.2. The third-order valence-corrected chi connectivity index (χ3v) is 14.9. The van der Waals surface area contributed by atoms with E-state index in [-0.39, 0.29) is 112 Å². The van der Waals surface area contributed by atoms with Gasteiger partial charge in [-0.05, 0) is 87.9 Å². The monoisotopic (exact) mass is 749 g/mol. The van der Waals surface area contributed by atoms with E-state index in [1.54, 1.807) is 0 Å². The van der Waals surface area contributed by atoms with Gasteiger partial charge in [-0.1, -0.05) is 0 Å². The van der Waals surface area contributed by atoms with Crippen molar-refractivity contribution in [1.82, 2.24) is 26.6 Å². The standard InChI is InChI=1S/C23H43N5O13S4.4Li/c29-23-27-21(24-13-1-3-17-11(5-13)7-15(42-41-40-30)9-19(17)44(34,35)36)26-22(28-23)25-14-2-4-18-12(6-14)8-16(43(31,32)33)10-20(18)45(37,38)39;;;;/h11-30H,1-10H2,(H,31,32,33)(H,34,35,36)(H,37,38,39);;;;/q;4*+1/p-4. The number of fused-ring (bicyclic) bond motifs is 2. The molecule has 0 bridgehead atoms. The second kappa shape index (κ2) is 20.3. The molecule has 49 heavy (non-hydrogen) atoms. The van der Waals surface area contributed by atoms with E-state index in [9.17, 15) is 49.3 Å². The van der Waals surface area contributed by atoms with E-state index in [1.165, 1.54) is 0 Å². The van der Waals surface area contributed by atoms with E-state index in [0.717, 1.165) is 0 Å². The maximum atomic E-state index is 12.0. The SMILES string of the molecule is O=S(=O)([O-])C1CC2CC(NC3NC(O)NC(NC4CCC5C(C4)CC(SOO[O-])CC5S(=O)(=O)[O-])N3)CCC2C(S(=O)(=O)[O-])C1.[Li+].[Li+].[Li+].[Li+]. The largest absolute Gasteiger partial charge is 1.00 e. The minimum atomic E-state index is -4.81. The second-order valence-electron chi connectivity index (χ2n) is 12.9. The summed E-state index contributed by atoms with van der Waals surface area (Å²) in [7, 11) is -14.2. The number of aliphatic hydroxyl groups excluding tert-OH is 1. The van der Waals surface area contributed by atoms with Crippen molar-refractivity contribution in [3.63, 3.8) is 0 Å². The molecule has 4 aliphatic carbocycles. The van der Waals surface area contributed by atoms with E-state index < -0.39 is 88.5 Å². The third-order valence-electron chi connectivity index (χ3n) is 10.3. The first kappa shape index (κ1) is 49.1. The van der Waals surface area contributed by atoms with Crippen LogP contribution < -0.4 is 107 Å². The van der Waals surface area contributed by atoms with Crippen molar-refractivity contribution in [2.24, 2.45) is 23.7 Å². The van der Waals surface area contributed by atoms with Crippen LogP contribution in [0.1, 0.15) is 64.2 Å². The molecule has 0 spiro atoms. The van der Waals surface area contributed by atoms with Crippen LogP contribution in [0.5, 0.6) is 0 Å². The van der Waals surface area contributed by atoms with Crippen molar-refractivity contribution in [3.8, 4) is 0 Å². The Bertz CT molecular complexity index is 1380. The number of hydrogen-bond donors (Lipinski definition) is 6. The van der Waals surface area contributed by atoms with Crippen molar-refractivity contribution < 1.29 is 134 Å². The van der Waals surface area contributed by atoms with Gasteiger partial charge in [0.2, 0.25) is 0 Å². The first-order valence-electron chi connectivity index (χ1n) is 15.0. The van der Waals surface area contributed by atoms with Crippen molar-refractivity contribution >= 4 is 42.4 Å².